The van der Waals surface area contributed by atoms with Crippen LogP contribution in [0.1, 0.15) is 51.4 Å². The quantitative estimate of drug-likeness (QED) is 0.866. The first-order valence-electron chi connectivity index (χ1n) is 6.93. The summed E-state index contributed by atoms with van der Waals surface area (Å²) in [5.41, 5.74) is 2.49. The number of nitrogens with zero attached hydrogens (tertiary/aromatic N) is 1. The molecule has 1 unspecified atom stereocenters. The summed E-state index contributed by atoms with van der Waals surface area (Å²) in [7, 11) is 0. The second-order valence-corrected chi connectivity index (χ2v) is 7.47. The second kappa shape index (κ2) is 5.73. The van der Waals surface area contributed by atoms with Crippen molar-refractivity contribution in [2.45, 2.75) is 51.6 Å². The van der Waals surface area contributed by atoms with Gasteiger partial charge >= 0.3 is 0 Å². The monoisotopic (exact) mass is 293 g/mol. The number of rotatable bonds is 3. The highest BCUT2D eigenvalue weighted by Gasteiger charge is 2.18. The Morgan fingerprint density at radius 2 is 2.16 bits per heavy atom. The third kappa shape index (κ3) is 3.07. The van der Waals surface area contributed by atoms with Crippen molar-refractivity contribution in [3.63, 3.8) is 0 Å². The Kier molecular flexibility index (Phi) is 4.01. The summed E-state index contributed by atoms with van der Waals surface area (Å²) < 4.78 is 0. The van der Waals surface area contributed by atoms with Gasteiger partial charge in [-0.15, -0.1) is 22.7 Å². The summed E-state index contributed by atoms with van der Waals surface area (Å²) in [5, 5.41) is 13.5. The maximum Gasteiger partial charge on any atom is 0.0937 e. The fourth-order valence-corrected chi connectivity index (χ4v) is 4.52. The van der Waals surface area contributed by atoms with Gasteiger partial charge in [-0.05, 0) is 44.2 Å². The molecule has 0 saturated heterocycles. The number of aryl methyl sites for hydroxylation is 3. The Labute approximate surface area is 122 Å². The van der Waals surface area contributed by atoms with Crippen LogP contribution in [0.3, 0.4) is 0 Å². The highest BCUT2D eigenvalue weighted by atomic mass is 32.1. The number of thiazole rings is 1. The van der Waals surface area contributed by atoms with Gasteiger partial charge in [-0.3, -0.25) is 0 Å². The largest absolute Gasteiger partial charge is 0.387 e. The lowest BCUT2D eigenvalue weighted by molar-refractivity contribution is 0.181. The van der Waals surface area contributed by atoms with Gasteiger partial charge in [0, 0.05) is 21.6 Å². The Bertz CT molecular complexity index is 535. The molecule has 2 aromatic rings. The highest BCUT2D eigenvalue weighted by molar-refractivity contribution is 7.12. The van der Waals surface area contributed by atoms with Gasteiger partial charge in [0.15, 0.2) is 0 Å². The summed E-state index contributed by atoms with van der Waals surface area (Å²) in [6, 6.07) is 2.23. The van der Waals surface area contributed by atoms with E-state index in [1.807, 2.05) is 18.3 Å². The van der Waals surface area contributed by atoms with Crippen molar-refractivity contribution in [3.05, 3.63) is 37.5 Å². The molecular formula is C15H19NOS2. The molecule has 2 aromatic heterocycles. The van der Waals surface area contributed by atoms with Crippen molar-refractivity contribution in [2.24, 2.45) is 0 Å². The van der Waals surface area contributed by atoms with E-state index in [-0.39, 0.29) is 0 Å². The van der Waals surface area contributed by atoms with E-state index in [0.717, 1.165) is 15.6 Å². The number of aromatic nitrogens is 1. The van der Waals surface area contributed by atoms with Gasteiger partial charge in [-0.2, -0.15) is 0 Å². The van der Waals surface area contributed by atoms with E-state index in [2.05, 4.69) is 16.4 Å². The van der Waals surface area contributed by atoms with Crippen LogP contribution in [-0.2, 0) is 19.3 Å². The van der Waals surface area contributed by atoms with E-state index in [1.54, 1.807) is 11.3 Å². The maximum absolute atomic E-state index is 10.4. The van der Waals surface area contributed by atoms with Gasteiger partial charge in [0.05, 0.1) is 16.8 Å². The molecular weight excluding hydrogens is 274 g/mol. The topological polar surface area (TPSA) is 33.1 Å². The van der Waals surface area contributed by atoms with Gasteiger partial charge in [-0.25, -0.2) is 4.98 Å². The minimum absolute atomic E-state index is 0.390. The molecule has 1 N–H and O–H groups in total. The molecule has 0 spiro atoms. The van der Waals surface area contributed by atoms with Crippen molar-refractivity contribution in [2.75, 3.05) is 0 Å². The highest BCUT2D eigenvalue weighted by Crippen LogP contribution is 2.33. The Morgan fingerprint density at radius 3 is 2.95 bits per heavy atom. The third-order valence-electron chi connectivity index (χ3n) is 3.66. The van der Waals surface area contributed by atoms with Crippen LogP contribution in [0.15, 0.2) is 11.4 Å². The Hall–Kier alpha value is -0.710. The van der Waals surface area contributed by atoms with E-state index in [1.165, 1.54) is 42.5 Å². The number of hydrogen-bond acceptors (Lipinski definition) is 4. The zero-order chi connectivity index (χ0) is 13.2. The lowest BCUT2D eigenvalue weighted by Crippen LogP contribution is -2.00. The van der Waals surface area contributed by atoms with E-state index in [9.17, 15) is 5.11 Å². The Balaban J connectivity index is 1.74. The minimum Gasteiger partial charge on any atom is -0.387 e. The standard InChI is InChI=1S/C15H19NOS2/c1-10-16-12(9-18-10)8-13(17)15-7-11-5-3-2-4-6-14(11)19-15/h7,9,13,17H,2-6,8H2,1H3. The van der Waals surface area contributed by atoms with Crippen molar-refractivity contribution >= 4 is 22.7 Å². The van der Waals surface area contributed by atoms with Crippen LogP contribution in [0, 0.1) is 6.92 Å². The SMILES string of the molecule is Cc1nc(CC(O)c2cc3c(s2)CCCCC3)cs1. The molecule has 4 heteroatoms. The van der Waals surface area contributed by atoms with Gasteiger partial charge in [0.1, 0.15) is 0 Å². The molecule has 0 fully saturated rings. The summed E-state index contributed by atoms with van der Waals surface area (Å²) in [4.78, 5) is 7.06. The molecule has 0 aliphatic heterocycles. The van der Waals surface area contributed by atoms with Gasteiger partial charge < -0.3 is 5.11 Å². The van der Waals surface area contributed by atoms with Crippen LogP contribution >= 0.6 is 22.7 Å². The number of fused-ring (bicyclic) bond motifs is 1. The average molecular weight is 293 g/mol. The van der Waals surface area contributed by atoms with E-state index < -0.39 is 6.10 Å². The zero-order valence-corrected chi connectivity index (χ0v) is 12.8. The Morgan fingerprint density at radius 1 is 1.32 bits per heavy atom. The molecule has 0 aromatic carbocycles. The lowest BCUT2D eigenvalue weighted by atomic mass is 10.1. The summed E-state index contributed by atoms with van der Waals surface area (Å²) in [5.74, 6) is 0. The molecule has 2 nitrogen and oxygen atoms in total. The fourth-order valence-electron chi connectivity index (χ4n) is 2.66. The number of thiophene rings is 1. The van der Waals surface area contributed by atoms with Crippen LogP contribution in [0.4, 0.5) is 0 Å². The molecule has 102 valence electrons. The normalized spacial score (nSPS) is 16.9. The average Bonchev–Trinajstić information content (AvgIpc) is 2.91. The lowest BCUT2D eigenvalue weighted by Gasteiger charge is -2.06. The first-order chi connectivity index (χ1) is 9.22. The van der Waals surface area contributed by atoms with E-state index in [4.69, 9.17) is 0 Å². The van der Waals surface area contributed by atoms with Crippen LogP contribution < -0.4 is 0 Å². The van der Waals surface area contributed by atoms with E-state index >= 15 is 0 Å². The minimum atomic E-state index is -0.390. The predicted octanol–water partition coefficient (Wildman–Crippen LogP) is 4.06. The first kappa shape index (κ1) is 13.3. The van der Waals surface area contributed by atoms with Crippen molar-refractivity contribution in [1.82, 2.24) is 4.98 Å². The zero-order valence-electron chi connectivity index (χ0n) is 11.2. The number of hydrogen-bond donors (Lipinski definition) is 1. The van der Waals surface area contributed by atoms with Gasteiger partial charge in [0.2, 0.25) is 0 Å². The molecule has 0 radical (unpaired) electrons. The molecule has 1 atom stereocenters. The molecule has 19 heavy (non-hydrogen) atoms. The molecule has 3 rings (SSSR count). The summed E-state index contributed by atoms with van der Waals surface area (Å²) in [6.07, 6.45) is 6.58. The number of aliphatic hydroxyl groups is 1. The van der Waals surface area contributed by atoms with Crippen molar-refractivity contribution in [1.29, 1.82) is 0 Å². The number of aliphatic hydroxyl groups excluding tert-OH is 1. The van der Waals surface area contributed by atoms with Crippen LogP contribution in [0.2, 0.25) is 0 Å². The van der Waals surface area contributed by atoms with E-state index in [0.29, 0.717) is 6.42 Å². The van der Waals surface area contributed by atoms with Gasteiger partial charge in [0.25, 0.3) is 0 Å². The van der Waals surface area contributed by atoms with Crippen LogP contribution in [0.25, 0.3) is 0 Å². The van der Waals surface area contributed by atoms with Crippen molar-refractivity contribution in [3.8, 4) is 0 Å². The molecule has 0 saturated carbocycles. The second-order valence-electron chi connectivity index (χ2n) is 5.24. The summed E-state index contributed by atoms with van der Waals surface area (Å²) >= 11 is 3.46. The van der Waals surface area contributed by atoms with Gasteiger partial charge in [-0.1, -0.05) is 6.42 Å². The fraction of sp³-hybridized carbons (Fsp3) is 0.533. The molecule has 2 heterocycles. The molecule has 0 bridgehead atoms. The summed E-state index contributed by atoms with van der Waals surface area (Å²) in [6.45, 7) is 2.01. The van der Waals surface area contributed by atoms with Crippen LogP contribution in [-0.4, -0.2) is 10.1 Å². The smallest absolute Gasteiger partial charge is 0.0937 e. The third-order valence-corrected chi connectivity index (χ3v) is 5.82. The van der Waals surface area contributed by atoms with Crippen molar-refractivity contribution < 1.29 is 5.11 Å². The first-order valence-corrected chi connectivity index (χ1v) is 8.62. The predicted molar refractivity (Wildman–Crippen MR) is 81.1 cm³/mol. The maximum atomic E-state index is 10.4. The molecule has 1 aliphatic carbocycles. The molecule has 1 aliphatic rings. The van der Waals surface area contributed by atoms with Crippen LogP contribution in [0.5, 0.6) is 0 Å². The molecule has 0 amide bonds.